The maximum absolute atomic E-state index is 13.5. The number of aliphatic hydroxyl groups is 1. The maximum Gasteiger partial charge on any atom is 0.253 e. The van der Waals surface area contributed by atoms with Crippen molar-refractivity contribution in [2.75, 3.05) is 30.1 Å². The maximum atomic E-state index is 13.5. The van der Waals surface area contributed by atoms with E-state index in [1.165, 1.54) is 0 Å². The van der Waals surface area contributed by atoms with Crippen LogP contribution in [0.15, 0.2) is 72.6 Å². The van der Waals surface area contributed by atoms with Crippen LogP contribution in [0.5, 0.6) is 11.5 Å². The number of nitrogens with zero attached hydrogens (tertiary/aromatic N) is 2. The molecule has 0 aliphatic carbocycles. The molecule has 2 atom stereocenters. The highest BCUT2D eigenvalue weighted by molar-refractivity contribution is 7.86. The molecule has 35 heavy (non-hydrogen) atoms. The number of likely N-dealkylation sites (N-methyl/N-ethyl adjacent to an activating group) is 1. The molecule has 1 amide bonds. The number of fused-ring (bicyclic) bond motifs is 1. The third-order valence-electron chi connectivity index (χ3n) is 6.20. The molecule has 2 unspecified atom stereocenters. The Balaban J connectivity index is 1.31. The largest absolute Gasteiger partial charge is 0.489 e. The summed E-state index contributed by atoms with van der Waals surface area (Å²) >= 11 is 0. The third kappa shape index (κ3) is 4.83. The lowest BCUT2D eigenvalue weighted by Crippen LogP contribution is -2.50. The van der Waals surface area contributed by atoms with Crippen LogP contribution in [0.1, 0.15) is 12.5 Å². The summed E-state index contributed by atoms with van der Waals surface area (Å²) < 4.78 is 23.3. The van der Waals surface area contributed by atoms with E-state index in [4.69, 9.17) is 9.47 Å². The number of amides is 1. The quantitative estimate of drug-likeness (QED) is 0.666. The molecule has 2 aromatic carbocycles. The van der Waals surface area contributed by atoms with Gasteiger partial charge in [-0.2, -0.15) is 0 Å². The first kappa shape index (κ1) is 23.2. The van der Waals surface area contributed by atoms with Gasteiger partial charge in [-0.15, -0.1) is 0 Å². The van der Waals surface area contributed by atoms with Gasteiger partial charge >= 0.3 is 0 Å². The predicted octanol–water partition coefficient (Wildman–Crippen LogP) is 2.44. The van der Waals surface area contributed by atoms with E-state index in [-0.39, 0.29) is 30.1 Å². The second-order valence-corrected chi connectivity index (χ2v) is 10.4. The van der Waals surface area contributed by atoms with Crippen LogP contribution >= 0.6 is 0 Å². The van der Waals surface area contributed by atoms with Crippen molar-refractivity contribution in [2.45, 2.75) is 24.6 Å². The van der Waals surface area contributed by atoms with E-state index >= 15 is 0 Å². The molecule has 2 aromatic rings. The highest BCUT2D eigenvalue weighted by atomic mass is 32.2. The molecular formula is C27H26N2O5S. The molecule has 1 saturated heterocycles. The monoisotopic (exact) mass is 490 g/mol. The predicted molar refractivity (Wildman–Crippen MR) is 134 cm³/mol. The second kappa shape index (κ2) is 9.25. The van der Waals surface area contributed by atoms with E-state index in [1.54, 1.807) is 30.1 Å². The minimum Gasteiger partial charge on any atom is -0.489 e. The van der Waals surface area contributed by atoms with E-state index in [0.29, 0.717) is 17.0 Å². The molecule has 3 aliphatic rings. The summed E-state index contributed by atoms with van der Waals surface area (Å²) in [6.45, 7) is 2.21. The number of rotatable bonds is 3. The topological polar surface area (TPSA) is 79.3 Å². The number of anilines is 1. The molecule has 0 bridgehead atoms. The first-order valence-electron chi connectivity index (χ1n) is 11.4. The number of allylic oxidation sites excluding steroid dienone is 1. The third-order valence-corrected chi connectivity index (χ3v) is 7.80. The van der Waals surface area contributed by atoms with E-state index < -0.39 is 22.4 Å². The fraction of sp³-hybridized carbons (Fsp3) is 0.296. The lowest BCUT2D eigenvalue weighted by molar-refractivity contribution is -0.123. The minimum absolute atomic E-state index is 0.0823. The summed E-state index contributed by atoms with van der Waals surface area (Å²) in [7, 11) is 0.719. The first-order valence-corrected chi connectivity index (χ1v) is 12.9. The molecular weight excluding hydrogens is 464 g/mol. The second-order valence-electron chi connectivity index (χ2n) is 8.90. The van der Waals surface area contributed by atoms with Crippen molar-refractivity contribution in [1.82, 2.24) is 4.90 Å². The zero-order valence-electron chi connectivity index (χ0n) is 19.5. The van der Waals surface area contributed by atoms with Gasteiger partial charge in [-0.3, -0.25) is 9.00 Å². The molecule has 180 valence electrons. The molecule has 5 rings (SSSR count). The number of hydrogen-bond acceptors (Lipinski definition) is 6. The molecule has 8 heteroatoms. The van der Waals surface area contributed by atoms with Gasteiger partial charge < -0.3 is 24.4 Å². The number of carbonyl (C=O) groups is 1. The lowest BCUT2D eigenvalue weighted by Gasteiger charge is -2.35. The van der Waals surface area contributed by atoms with E-state index in [0.717, 1.165) is 11.5 Å². The van der Waals surface area contributed by atoms with Crippen LogP contribution < -0.4 is 14.4 Å². The first-order chi connectivity index (χ1) is 16.8. The van der Waals surface area contributed by atoms with Gasteiger partial charge in [0.25, 0.3) is 5.91 Å². The van der Waals surface area contributed by atoms with Gasteiger partial charge in [0.2, 0.25) is 0 Å². The molecule has 0 aromatic heterocycles. The average molecular weight is 491 g/mol. The average Bonchev–Trinajstić information content (AvgIpc) is 2.94. The SMILES string of the molecule is CC1C=C(Oc2ccccc2)C=CN1C1COc2ccc(C#CC3(O)CS(=O)C3)cc2N(C)C1=O. The number of hydrogen-bond donors (Lipinski definition) is 1. The Morgan fingerprint density at radius 2 is 1.97 bits per heavy atom. The number of ether oxygens (including phenoxy) is 2. The Labute approximate surface area is 207 Å². The Hall–Kier alpha value is -3.54. The van der Waals surface area contributed by atoms with Crippen LogP contribution in [-0.2, 0) is 15.6 Å². The number of benzene rings is 2. The Bertz CT molecular complexity index is 1290. The molecule has 1 N–H and O–H groups in total. The summed E-state index contributed by atoms with van der Waals surface area (Å²) in [5.41, 5.74) is 0.0630. The summed E-state index contributed by atoms with van der Waals surface area (Å²) in [4.78, 5) is 17.0. The fourth-order valence-corrected chi connectivity index (χ4v) is 5.41. The Morgan fingerprint density at radius 1 is 1.20 bits per heavy atom. The summed E-state index contributed by atoms with van der Waals surface area (Å²) in [6.07, 6.45) is 5.70. The molecule has 0 spiro atoms. The van der Waals surface area contributed by atoms with E-state index in [9.17, 15) is 14.1 Å². The highest BCUT2D eigenvalue weighted by Crippen LogP contribution is 2.33. The fourth-order valence-electron chi connectivity index (χ4n) is 4.28. The molecule has 0 saturated carbocycles. The van der Waals surface area contributed by atoms with Crippen LogP contribution in [-0.4, -0.2) is 63.0 Å². The number of para-hydroxylation sites is 1. The van der Waals surface area contributed by atoms with Gasteiger partial charge in [0.15, 0.2) is 0 Å². The van der Waals surface area contributed by atoms with Crippen molar-refractivity contribution < 1.29 is 23.6 Å². The molecule has 7 nitrogen and oxygen atoms in total. The molecule has 1 fully saturated rings. The normalized spacial score (nSPS) is 27.5. The van der Waals surface area contributed by atoms with Crippen molar-refractivity contribution in [3.63, 3.8) is 0 Å². The highest BCUT2D eigenvalue weighted by Gasteiger charge is 2.39. The van der Waals surface area contributed by atoms with Crippen molar-refractivity contribution in [1.29, 1.82) is 0 Å². The lowest BCUT2D eigenvalue weighted by atomic mass is 10.1. The van der Waals surface area contributed by atoms with Crippen LogP contribution in [0.25, 0.3) is 0 Å². The van der Waals surface area contributed by atoms with Gasteiger partial charge in [0.1, 0.15) is 35.5 Å². The molecule has 3 aliphatic heterocycles. The smallest absolute Gasteiger partial charge is 0.253 e. The zero-order valence-corrected chi connectivity index (χ0v) is 20.3. The van der Waals surface area contributed by atoms with Gasteiger partial charge in [-0.1, -0.05) is 30.0 Å². The van der Waals surface area contributed by atoms with Gasteiger partial charge in [0, 0.05) is 35.7 Å². The van der Waals surface area contributed by atoms with Gasteiger partial charge in [-0.25, -0.2) is 0 Å². The van der Waals surface area contributed by atoms with Crippen molar-refractivity contribution in [3.8, 4) is 23.3 Å². The van der Waals surface area contributed by atoms with Crippen LogP contribution in [0.2, 0.25) is 0 Å². The van der Waals surface area contributed by atoms with E-state index in [1.807, 2.05) is 60.5 Å². The van der Waals surface area contributed by atoms with Crippen LogP contribution in [0.3, 0.4) is 0 Å². The zero-order chi connectivity index (χ0) is 24.6. The van der Waals surface area contributed by atoms with Crippen LogP contribution in [0, 0.1) is 11.8 Å². The van der Waals surface area contributed by atoms with Crippen molar-refractivity contribution >= 4 is 22.4 Å². The Morgan fingerprint density at radius 3 is 2.69 bits per heavy atom. The van der Waals surface area contributed by atoms with Crippen LogP contribution in [0.4, 0.5) is 5.69 Å². The van der Waals surface area contributed by atoms with Crippen molar-refractivity contribution in [3.05, 3.63) is 78.2 Å². The number of carbonyl (C=O) groups excluding carboxylic acids is 1. The van der Waals surface area contributed by atoms with E-state index in [2.05, 4.69) is 11.8 Å². The standard InChI is InChI=1S/C27H26N2O5S/c1-19-14-22(34-21-6-4-3-5-7-21)11-13-29(19)24-16-33-25-9-8-20(15-23(25)28(2)26(24)30)10-12-27(31)17-35(32)18-27/h3-9,11,13-15,19,24,31H,16-18H2,1-2H3. The summed E-state index contributed by atoms with van der Waals surface area (Å²) in [5, 5.41) is 10.2. The van der Waals surface area contributed by atoms with Crippen molar-refractivity contribution in [2.24, 2.45) is 0 Å². The molecule has 3 heterocycles. The summed E-state index contributed by atoms with van der Waals surface area (Å²) in [5.74, 6) is 8.07. The van der Waals surface area contributed by atoms with Gasteiger partial charge in [0.05, 0.1) is 17.2 Å². The summed E-state index contributed by atoms with van der Waals surface area (Å²) in [6, 6.07) is 14.3. The Kier molecular flexibility index (Phi) is 6.13. The van der Waals surface area contributed by atoms with Gasteiger partial charge in [-0.05, 0) is 49.4 Å². The molecule has 0 radical (unpaired) electrons. The minimum atomic E-state index is -1.20.